The molecule has 72 valence electrons. The Bertz CT molecular complexity index is 226. The van der Waals surface area contributed by atoms with E-state index in [1.807, 2.05) is 24.3 Å². The predicted molar refractivity (Wildman–Crippen MR) is 51.3 cm³/mol. The summed E-state index contributed by atoms with van der Waals surface area (Å²) in [5, 5.41) is 0. The fraction of sp³-hybridized carbons (Fsp3) is 0.300. The van der Waals surface area contributed by atoms with E-state index >= 15 is 0 Å². The first-order valence-electron chi connectivity index (χ1n) is 3.86. The van der Waals surface area contributed by atoms with Gasteiger partial charge in [-0.05, 0) is 19.1 Å². The second kappa shape index (κ2) is 7.16. The fourth-order valence-electron chi connectivity index (χ4n) is 0.728. The Morgan fingerprint density at radius 1 is 1.15 bits per heavy atom. The standard InChI is InChI=1S/C8H10O2.C2H4O/c1-9-7-4-3-5-8(6-7)10-2;1-2-3/h3-6H,1-2H3;2H,1H3. The van der Waals surface area contributed by atoms with Crippen molar-refractivity contribution in [2.45, 2.75) is 6.92 Å². The zero-order valence-electron chi connectivity index (χ0n) is 8.11. The molecule has 0 aliphatic heterocycles. The Morgan fingerprint density at radius 3 is 1.85 bits per heavy atom. The van der Waals surface area contributed by atoms with Gasteiger partial charge in [0.05, 0.1) is 14.2 Å². The normalized spacial score (nSPS) is 7.92. The first-order valence-corrected chi connectivity index (χ1v) is 3.86. The highest BCUT2D eigenvalue weighted by Crippen LogP contribution is 2.17. The summed E-state index contributed by atoms with van der Waals surface area (Å²) >= 11 is 0. The van der Waals surface area contributed by atoms with Crippen LogP contribution in [-0.4, -0.2) is 20.5 Å². The van der Waals surface area contributed by atoms with Gasteiger partial charge in [0.1, 0.15) is 17.8 Å². The number of hydrogen-bond donors (Lipinski definition) is 0. The van der Waals surface area contributed by atoms with Crippen LogP contribution < -0.4 is 9.47 Å². The minimum atomic E-state index is 0.750. The molecule has 0 spiro atoms. The summed E-state index contributed by atoms with van der Waals surface area (Å²) in [6, 6.07) is 7.47. The third-order valence-electron chi connectivity index (χ3n) is 1.28. The molecular weight excluding hydrogens is 168 g/mol. The van der Waals surface area contributed by atoms with Crippen molar-refractivity contribution >= 4 is 6.29 Å². The number of ether oxygens (including phenoxy) is 2. The van der Waals surface area contributed by atoms with E-state index in [9.17, 15) is 0 Å². The number of rotatable bonds is 2. The van der Waals surface area contributed by atoms with Gasteiger partial charge >= 0.3 is 0 Å². The van der Waals surface area contributed by atoms with Crippen LogP contribution in [0.4, 0.5) is 0 Å². The van der Waals surface area contributed by atoms with E-state index in [4.69, 9.17) is 14.3 Å². The molecule has 0 saturated heterocycles. The third-order valence-corrected chi connectivity index (χ3v) is 1.28. The van der Waals surface area contributed by atoms with Crippen molar-refractivity contribution in [2.75, 3.05) is 14.2 Å². The third kappa shape index (κ3) is 4.85. The number of hydrogen-bond acceptors (Lipinski definition) is 3. The minimum absolute atomic E-state index is 0.750. The molecule has 0 saturated carbocycles. The SMILES string of the molecule is CC=O.COc1cccc(OC)c1. The van der Waals surface area contributed by atoms with Gasteiger partial charge in [-0.1, -0.05) is 6.07 Å². The van der Waals surface area contributed by atoms with E-state index in [1.54, 1.807) is 14.2 Å². The van der Waals surface area contributed by atoms with Gasteiger partial charge in [0.25, 0.3) is 0 Å². The molecule has 1 aromatic carbocycles. The van der Waals surface area contributed by atoms with Crippen LogP contribution in [0.15, 0.2) is 24.3 Å². The second-order valence-electron chi connectivity index (χ2n) is 2.12. The Kier molecular flexibility index (Phi) is 6.32. The molecule has 0 radical (unpaired) electrons. The lowest BCUT2D eigenvalue weighted by molar-refractivity contribution is -0.106. The summed E-state index contributed by atoms with van der Waals surface area (Å²) in [6.45, 7) is 1.44. The number of carbonyl (C=O) groups is 1. The van der Waals surface area contributed by atoms with Gasteiger partial charge < -0.3 is 14.3 Å². The Balaban J connectivity index is 0.000000424. The summed E-state index contributed by atoms with van der Waals surface area (Å²) < 4.78 is 9.95. The zero-order valence-corrected chi connectivity index (χ0v) is 8.11. The Morgan fingerprint density at radius 2 is 1.54 bits per heavy atom. The van der Waals surface area contributed by atoms with Crippen molar-refractivity contribution in [2.24, 2.45) is 0 Å². The van der Waals surface area contributed by atoms with Crippen molar-refractivity contribution < 1.29 is 14.3 Å². The van der Waals surface area contributed by atoms with Crippen molar-refractivity contribution in [3.8, 4) is 11.5 Å². The Hall–Kier alpha value is -1.51. The van der Waals surface area contributed by atoms with Gasteiger partial charge in [-0.25, -0.2) is 0 Å². The molecular formula is C10H14O3. The van der Waals surface area contributed by atoms with E-state index in [0.29, 0.717) is 0 Å². The largest absolute Gasteiger partial charge is 0.497 e. The van der Waals surface area contributed by atoms with E-state index < -0.39 is 0 Å². The quantitative estimate of drug-likeness (QED) is 0.655. The highest BCUT2D eigenvalue weighted by molar-refractivity contribution is 5.44. The predicted octanol–water partition coefficient (Wildman–Crippen LogP) is 1.91. The van der Waals surface area contributed by atoms with Crippen LogP contribution in [0.2, 0.25) is 0 Å². The van der Waals surface area contributed by atoms with Crippen molar-refractivity contribution in [3.05, 3.63) is 24.3 Å². The highest BCUT2D eigenvalue weighted by Gasteiger charge is 1.91. The van der Waals surface area contributed by atoms with E-state index in [0.717, 1.165) is 17.8 Å². The molecule has 13 heavy (non-hydrogen) atoms. The summed E-state index contributed by atoms with van der Waals surface area (Å²) in [6.07, 6.45) is 0.750. The molecule has 0 atom stereocenters. The lowest BCUT2D eigenvalue weighted by Crippen LogP contribution is -1.84. The van der Waals surface area contributed by atoms with E-state index in [2.05, 4.69) is 0 Å². The van der Waals surface area contributed by atoms with Crippen LogP contribution in [0.1, 0.15) is 6.92 Å². The molecule has 0 aliphatic rings. The molecule has 0 amide bonds. The molecule has 3 heteroatoms. The minimum Gasteiger partial charge on any atom is -0.497 e. The maximum absolute atomic E-state index is 8.81. The molecule has 0 fully saturated rings. The van der Waals surface area contributed by atoms with E-state index in [-0.39, 0.29) is 0 Å². The van der Waals surface area contributed by atoms with Crippen molar-refractivity contribution in [1.29, 1.82) is 0 Å². The average molecular weight is 182 g/mol. The van der Waals surface area contributed by atoms with Crippen LogP contribution in [-0.2, 0) is 4.79 Å². The highest BCUT2D eigenvalue weighted by atomic mass is 16.5. The average Bonchev–Trinajstić information content (AvgIpc) is 2.19. The first-order chi connectivity index (χ1) is 6.28. The zero-order chi connectivity index (χ0) is 10.1. The molecule has 0 heterocycles. The summed E-state index contributed by atoms with van der Waals surface area (Å²) in [5.41, 5.74) is 0. The monoisotopic (exact) mass is 182 g/mol. The molecule has 0 N–H and O–H groups in total. The van der Waals surface area contributed by atoms with E-state index in [1.165, 1.54) is 6.92 Å². The van der Waals surface area contributed by atoms with Crippen molar-refractivity contribution in [3.63, 3.8) is 0 Å². The summed E-state index contributed by atoms with van der Waals surface area (Å²) in [7, 11) is 3.27. The summed E-state index contributed by atoms with van der Waals surface area (Å²) in [4.78, 5) is 8.81. The molecule has 0 aliphatic carbocycles. The summed E-state index contributed by atoms with van der Waals surface area (Å²) in [5.74, 6) is 1.64. The number of carbonyl (C=O) groups excluding carboxylic acids is 1. The molecule has 1 rings (SSSR count). The maximum Gasteiger partial charge on any atom is 0.122 e. The Labute approximate surface area is 78.3 Å². The van der Waals surface area contributed by atoms with Crippen LogP contribution in [0.3, 0.4) is 0 Å². The van der Waals surface area contributed by atoms with Crippen LogP contribution in [0, 0.1) is 0 Å². The van der Waals surface area contributed by atoms with Gasteiger partial charge in [0.2, 0.25) is 0 Å². The first kappa shape index (κ1) is 11.5. The molecule has 0 aromatic heterocycles. The van der Waals surface area contributed by atoms with Gasteiger partial charge in [-0.2, -0.15) is 0 Å². The molecule has 0 unspecified atom stereocenters. The van der Waals surface area contributed by atoms with Crippen molar-refractivity contribution in [1.82, 2.24) is 0 Å². The van der Waals surface area contributed by atoms with Gasteiger partial charge in [0, 0.05) is 6.07 Å². The number of methoxy groups -OCH3 is 2. The lowest BCUT2D eigenvalue weighted by Gasteiger charge is -2.01. The molecule has 3 nitrogen and oxygen atoms in total. The number of aldehydes is 1. The fourth-order valence-corrected chi connectivity index (χ4v) is 0.728. The van der Waals surface area contributed by atoms with Crippen LogP contribution >= 0.6 is 0 Å². The van der Waals surface area contributed by atoms with Gasteiger partial charge in [-0.3, -0.25) is 0 Å². The maximum atomic E-state index is 8.81. The molecule has 0 bridgehead atoms. The van der Waals surface area contributed by atoms with Gasteiger partial charge in [-0.15, -0.1) is 0 Å². The van der Waals surface area contributed by atoms with Crippen LogP contribution in [0.5, 0.6) is 11.5 Å². The van der Waals surface area contributed by atoms with Crippen LogP contribution in [0.25, 0.3) is 0 Å². The lowest BCUT2D eigenvalue weighted by atomic mass is 10.3. The second-order valence-corrected chi connectivity index (χ2v) is 2.12. The number of benzene rings is 1. The van der Waals surface area contributed by atoms with Gasteiger partial charge in [0.15, 0.2) is 0 Å². The smallest absolute Gasteiger partial charge is 0.122 e. The molecule has 1 aromatic rings. The topological polar surface area (TPSA) is 35.5 Å².